The number of amides is 1. The molecular weight excluding hydrogens is 408 g/mol. The first-order chi connectivity index (χ1) is 15.9. The van der Waals surface area contributed by atoms with Crippen molar-refractivity contribution >= 4 is 5.91 Å². The monoisotopic (exact) mass is 452 g/mol. The van der Waals surface area contributed by atoms with Crippen LogP contribution in [-0.2, 0) is 24.2 Å². The maximum Gasteiger partial charge on any atom is 0.217 e. The molecule has 4 nitrogen and oxygen atoms in total. The third-order valence-corrected chi connectivity index (χ3v) is 6.63. The summed E-state index contributed by atoms with van der Waals surface area (Å²) < 4.78 is 5.18. The molecule has 1 saturated heterocycles. The van der Waals surface area contributed by atoms with Crippen LogP contribution in [0.4, 0.5) is 0 Å². The summed E-state index contributed by atoms with van der Waals surface area (Å²) >= 11 is 0. The van der Waals surface area contributed by atoms with Crippen molar-refractivity contribution in [2.75, 3.05) is 26.7 Å². The van der Waals surface area contributed by atoms with Gasteiger partial charge in [-0.1, -0.05) is 57.0 Å². The van der Waals surface area contributed by atoms with Gasteiger partial charge in [-0.2, -0.15) is 0 Å². The molecule has 4 heteroatoms. The molecule has 0 atom stereocenters. The number of piperidine rings is 1. The average molecular weight is 453 g/mol. The molecular formula is C29H44N2O2. The zero-order valence-corrected chi connectivity index (χ0v) is 21.5. The highest BCUT2D eigenvalue weighted by Gasteiger charge is 2.17. The fraction of sp³-hybridized carbons (Fsp3) is 0.552. The Morgan fingerprint density at radius 3 is 2.24 bits per heavy atom. The molecule has 182 valence electrons. The fourth-order valence-corrected chi connectivity index (χ4v) is 4.34. The van der Waals surface area contributed by atoms with Crippen LogP contribution in [0.5, 0.6) is 5.75 Å². The Hall–Kier alpha value is -2.33. The maximum absolute atomic E-state index is 10.8. The van der Waals surface area contributed by atoms with Crippen LogP contribution in [0, 0.1) is 12.8 Å². The lowest BCUT2D eigenvalue weighted by atomic mass is 9.94. The molecule has 2 aromatic carbocycles. The van der Waals surface area contributed by atoms with Crippen molar-refractivity contribution in [1.82, 2.24) is 10.2 Å². The van der Waals surface area contributed by atoms with Crippen molar-refractivity contribution in [1.29, 1.82) is 0 Å². The van der Waals surface area contributed by atoms with E-state index in [2.05, 4.69) is 73.5 Å². The number of aryl methyl sites for hydroxylation is 2. The SMILES string of the molecule is CCC1CCN(CCc2ccc(OC)cc2)CC1.CCCc1ccc(CNC(C)=O)cc1C. The maximum atomic E-state index is 10.8. The average Bonchev–Trinajstić information content (AvgIpc) is 2.84. The highest BCUT2D eigenvalue weighted by Crippen LogP contribution is 2.20. The predicted molar refractivity (Wildman–Crippen MR) is 139 cm³/mol. The summed E-state index contributed by atoms with van der Waals surface area (Å²) in [5.41, 5.74) is 5.31. The number of nitrogens with zero attached hydrogens (tertiary/aromatic N) is 1. The Balaban J connectivity index is 0.000000238. The van der Waals surface area contributed by atoms with Gasteiger partial charge in [-0.25, -0.2) is 0 Å². The van der Waals surface area contributed by atoms with Crippen molar-refractivity contribution in [3.63, 3.8) is 0 Å². The van der Waals surface area contributed by atoms with Gasteiger partial charge >= 0.3 is 0 Å². The quantitative estimate of drug-likeness (QED) is 0.512. The summed E-state index contributed by atoms with van der Waals surface area (Å²) in [6.07, 6.45) is 7.59. The van der Waals surface area contributed by atoms with Crippen LogP contribution < -0.4 is 10.1 Å². The van der Waals surface area contributed by atoms with E-state index in [-0.39, 0.29) is 5.91 Å². The third kappa shape index (κ3) is 10.00. The molecule has 0 bridgehead atoms. The van der Waals surface area contributed by atoms with E-state index in [1.54, 1.807) is 7.11 Å². The molecule has 1 aliphatic heterocycles. The molecule has 0 unspecified atom stereocenters. The predicted octanol–water partition coefficient (Wildman–Crippen LogP) is 5.94. The molecule has 1 N–H and O–H groups in total. The normalized spacial score (nSPS) is 14.3. The molecule has 1 heterocycles. The second-order valence-corrected chi connectivity index (χ2v) is 9.21. The van der Waals surface area contributed by atoms with Gasteiger partial charge in [-0.3, -0.25) is 4.79 Å². The van der Waals surface area contributed by atoms with E-state index in [9.17, 15) is 4.79 Å². The fourth-order valence-electron chi connectivity index (χ4n) is 4.34. The standard InChI is InChI=1S/C16H25NO.C13H19NO/c1-3-14-8-11-17(12-9-14)13-10-15-4-6-16(18-2)7-5-15;1-4-5-13-7-6-12(8-10(13)2)9-14-11(3)15/h4-7,14H,3,8-13H2,1-2H3;6-8H,4-5,9H2,1-3H3,(H,14,15). The molecule has 2 aromatic rings. The molecule has 3 rings (SSSR count). The number of rotatable bonds is 9. The topological polar surface area (TPSA) is 41.6 Å². The molecule has 0 saturated carbocycles. The summed E-state index contributed by atoms with van der Waals surface area (Å²) in [6, 6.07) is 14.9. The zero-order valence-electron chi connectivity index (χ0n) is 21.5. The Kier molecular flexibility index (Phi) is 12.0. The summed E-state index contributed by atoms with van der Waals surface area (Å²) in [7, 11) is 1.72. The van der Waals surface area contributed by atoms with E-state index < -0.39 is 0 Å². The lowest BCUT2D eigenvalue weighted by molar-refractivity contribution is -0.119. The minimum absolute atomic E-state index is 0.0188. The summed E-state index contributed by atoms with van der Waals surface area (Å²) in [4.78, 5) is 13.4. The van der Waals surface area contributed by atoms with Crippen LogP contribution in [0.1, 0.15) is 68.7 Å². The van der Waals surface area contributed by atoms with Gasteiger partial charge in [0.25, 0.3) is 0 Å². The minimum atomic E-state index is 0.0188. The van der Waals surface area contributed by atoms with Crippen molar-refractivity contribution in [3.8, 4) is 5.75 Å². The first-order valence-corrected chi connectivity index (χ1v) is 12.6. The lowest BCUT2D eigenvalue weighted by Gasteiger charge is -2.31. The number of benzene rings is 2. The molecule has 1 aliphatic rings. The van der Waals surface area contributed by atoms with Gasteiger partial charge < -0.3 is 15.0 Å². The minimum Gasteiger partial charge on any atom is -0.497 e. The van der Waals surface area contributed by atoms with E-state index in [0.717, 1.165) is 24.5 Å². The molecule has 1 amide bonds. The van der Waals surface area contributed by atoms with E-state index in [4.69, 9.17) is 4.74 Å². The van der Waals surface area contributed by atoms with Gasteiger partial charge in [0.2, 0.25) is 5.91 Å². The number of hydrogen-bond donors (Lipinski definition) is 1. The van der Waals surface area contributed by atoms with Gasteiger partial charge in [0.05, 0.1) is 7.11 Å². The number of carbonyl (C=O) groups is 1. The van der Waals surface area contributed by atoms with Crippen LogP contribution in [0.25, 0.3) is 0 Å². The number of likely N-dealkylation sites (tertiary alicyclic amines) is 1. The van der Waals surface area contributed by atoms with Crippen molar-refractivity contribution in [2.45, 2.75) is 72.8 Å². The number of ether oxygens (including phenoxy) is 1. The Morgan fingerprint density at radius 2 is 1.70 bits per heavy atom. The molecule has 0 aromatic heterocycles. The largest absolute Gasteiger partial charge is 0.497 e. The van der Waals surface area contributed by atoms with Gasteiger partial charge in [-0.15, -0.1) is 0 Å². The highest BCUT2D eigenvalue weighted by atomic mass is 16.5. The highest BCUT2D eigenvalue weighted by molar-refractivity contribution is 5.72. The van der Waals surface area contributed by atoms with Gasteiger partial charge in [0.1, 0.15) is 5.75 Å². The van der Waals surface area contributed by atoms with Gasteiger partial charge in [0.15, 0.2) is 0 Å². The Morgan fingerprint density at radius 1 is 1.03 bits per heavy atom. The summed E-state index contributed by atoms with van der Waals surface area (Å²) in [5, 5.41) is 2.80. The van der Waals surface area contributed by atoms with Crippen molar-refractivity contribution in [3.05, 3.63) is 64.7 Å². The summed E-state index contributed by atoms with van der Waals surface area (Å²) in [6.45, 7) is 12.6. The summed E-state index contributed by atoms with van der Waals surface area (Å²) in [5.74, 6) is 1.94. The van der Waals surface area contributed by atoms with E-state index in [0.29, 0.717) is 6.54 Å². The Bertz CT molecular complexity index is 824. The van der Waals surface area contributed by atoms with Crippen molar-refractivity contribution in [2.24, 2.45) is 5.92 Å². The second kappa shape index (κ2) is 14.7. The van der Waals surface area contributed by atoms with E-state index in [1.165, 1.54) is 74.5 Å². The first-order valence-electron chi connectivity index (χ1n) is 12.6. The van der Waals surface area contributed by atoms with E-state index in [1.807, 2.05) is 0 Å². The number of nitrogens with one attached hydrogen (secondary N) is 1. The van der Waals surface area contributed by atoms with Crippen LogP contribution in [0.3, 0.4) is 0 Å². The van der Waals surface area contributed by atoms with Crippen LogP contribution in [0.2, 0.25) is 0 Å². The van der Waals surface area contributed by atoms with Crippen LogP contribution in [-0.4, -0.2) is 37.6 Å². The Labute approximate surface area is 201 Å². The molecule has 0 aliphatic carbocycles. The van der Waals surface area contributed by atoms with E-state index >= 15 is 0 Å². The van der Waals surface area contributed by atoms with Crippen molar-refractivity contribution < 1.29 is 9.53 Å². The third-order valence-electron chi connectivity index (χ3n) is 6.63. The first kappa shape index (κ1) is 26.9. The smallest absolute Gasteiger partial charge is 0.217 e. The molecule has 33 heavy (non-hydrogen) atoms. The van der Waals surface area contributed by atoms with Crippen LogP contribution >= 0.6 is 0 Å². The number of methoxy groups -OCH3 is 1. The molecule has 0 spiro atoms. The second-order valence-electron chi connectivity index (χ2n) is 9.21. The lowest BCUT2D eigenvalue weighted by Crippen LogP contribution is -2.34. The van der Waals surface area contributed by atoms with Gasteiger partial charge in [-0.05, 0) is 86.0 Å². The molecule has 0 radical (unpaired) electrons. The zero-order chi connectivity index (χ0) is 24.1. The molecule has 1 fully saturated rings. The van der Waals surface area contributed by atoms with Crippen LogP contribution in [0.15, 0.2) is 42.5 Å². The number of hydrogen-bond acceptors (Lipinski definition) is 3. The number of carbonyl (C=O) groups excluding carboxylic acids is 1. The van der Waals surface area contributed by atoms with Gasteiger partial charge in [0, 0.05) is 20.0 Å².